The quantitative estimate of drug-likeness (QED) is 0.309. The van der Waals surface area contributed by atoms with Gasteiger partial charge in [0.15, 0.2) is 0 Å². The third-order valence-electron chi connectivity index (χ3n) is 1.64. The Kier molecular flexibility index (Phi) is 5.82. The zero-order chi connectivity index (χ0) is 18.0. The molecule has 0 aliphatic rings. The summed E-state index contributed by atoms with van der Waals surface area (Å²) >= 11 is 0. The van der Waals surface area contributed by atoms with Crippen molar-refractivity contribution in [3.05, 3.63) is 0 Å². The van der Waals surface area contributed by atoms with Gasteiger partial charge in [-0.25, -0.2) is 0 Å². The zero-order valence-electron chi connectivity index (χ0n) is 10.4. The third kappa shape index (κ3) is 5.32. The lowest BCUT2D eigenvalue weighted by molar-refractivity contribution is -0.0546. The summed E-state index contributed by atoms with van der Waals surface area (Å²) in [5.74, 6) is 0. The fourth-order valence-electron chi connectivity index (χ4n) is 0.427. The van der Waals surface area contributed by atoms with Gasteiger partial charge in [-0.3, -0.25) is 8.57 Å². The highest BCUT2D eigenvalue weighted by molar-refractivity contribution is 7.87. The van der Waals surface area contributed by atoms with Crippen molar-refractivity contribution in [1.82, 2.24) is 0 Å². The second-order valence-electron chi connectivity index (χ2n) is 3.30. The first kappa shape index (κ1) is 20.4. The highest BCUT2D eigenvalue weighted by atomic mass is 32.2. The van der Waals surface area contributed by atoms with Crippen LogP contribution in [-0.2, 0) is 28.8 Å². The molecule has 0 saturated carbocycles. The Labute approximate surface area is 119 Å². The van der Waals surface area contributed by atoms with Crippen LogP contribution in [0.3, 0.4) is 0 Å². The maximum Gasteiger partial charge on any atom is 0.536 e. The van der Waals surface area contributed by atoms with Crippen LogP contribution in [-0.4, -0.2) is 39.3 Å². The van der Waals surface area contributed by atoms with E-state index < -0.39 is 42.7 Å². The molecule has 0 unspecified atom stereocenters. The summed E-state index contributed by atoms with van der Waals surface area (Å²) in [4.78, 5) is 0. The van der Waals surface area contributed by atoms with Gasteiger partial charge in [0.05, 0.1) is 0 Å². The van der Waals surface area contributed by atoms with Gasteiger partial charge in [-0.15, -0.1) is 0 Å². The van der Waals surface area contributed by atoms with Crippen molar-refractivity contribution < 1.29 is 51.7 Å². The van der Waals surface area contributed by atoms with Crippen LogP contribution < -0.4 is 0 Å². The molecule has 0 rings (SSSR count). The van der Waals surface area contributed by atoms with Crippen LogP contribution >= 0.6 is 0 Å². The van der Waals surface area contributed by atoms with E-state index in [4.69, 9.17) is 0 Å². The molecule has 0 N–H and O–H groups in total. The molecule has 0 bridgehead atoms. The lowest BCUT2D eigenvalue weighted by atomic mass is 10.3. The standard InChI is InChI=1S/C6H6F6N2O6S2/c1-3(13-19-21(15,16)5(7,8)9)4(2)14-20-22(17,18)6(10,11)12/h1-2H3. The molecular formula is C6H6F6N2O6S2. The highest BCUT2D eigenvalue weighted by Crippen LogP contribution is 2.25. The number of rotatable bonds is 5. The Balaban J connectivity index is 5.14. The van der Waals surface area contributed by atoms with Crippen LogP contribution in [0.4, 0.5) is 26.3 Å². The van der Waals surface area contributed by atoms with E-state index in [1.54, 1.807) is 0 Å². The van der Waals surface area contributed by atoms with Gasteiger partial charge in [0, 0.05) is 0 Å². The summed E-state index contributed by atoms with van der Waals surface area (Å²) < 4.78 is 120. The molecule has 0 aliphatic carbocycles. The topological polar surface area (TPSA) is 111 Å². The molecule has 0 radical (unpaired) electrons. The van der Waals surface area contributed by atoms with Gasteiger partial charge in [-0.2, -0.15) is 43.2 Å². The van der Waals surface area contributed by atoms with E-state index in [0.29, 0.717) is 0 Å². The SMILES string of the molecule is CC(=NOS(=O)(=O)C(F)(F)F)C(C)=NOS(=O)(=O)C(F)(F)F. The predicted molar refractivity (Wildman–Crippen MR) is 58.3 cm³/mol. The van der Waals surface area contributed by atoms with Crippen LogP contribution in [0.5, 0.6) is 0 Å². The number of hydrogen-bond donors (Lipinski definition) is 0. The van der Waals surface area contributed by atoms with Crippen molar-refractivity contribution in [3.8, 4) is 0 Å². The first-order chi connectivity index (χ1) is 9.51. The fourth-order valence-corrected chi connectivity index (χ4v) is 1.02. The largest absolute Gasteiger partial charge is 0.536 e. The average Bonchev–Trinajstić information content (AvgIpc) is 2.30. The predicted octanol–water partition coefficient (Wildman–Crippen LogP) is 1.47. The minimum Gasteiger partial charge on any atom is -0.262 e. The highest BCUT2D eigenvalue weighted by Gasteiger charge is 2.49. The Bertz CT molecular complexity index is 613. The molecule has 130 valence electrons. The molecule has 0 amide bonds. The smallest absolute Gasteiger partial charge is 0.262 e. The normalized spacial score (nSPS) is 15.6. The van der Waals surface area contributed by atoms with Crippen molar-refractivity contribution in [1.29, 1.82) is 0 Å². The number of alkyl halides is 6. The monoisotopic (exact) mass is 380 g/mol. The molecule has 0 atom stereocenters. The molecule has 0 spiro atoms. The van der Waals surface area contributed by atoms with Crippen molar-refractivity contribution >= 4 is 31.7 Å². The van der Waals surface area contributed by atoms with E-state index in [2.05, 4.69) is 18.9 Å². The van der Waals surface area contributed by atoms with Crippen LogP contribution in [0.2, 0.25) is 0 Å². The van der Waals surface area contributed by atoms with Gasteiger partial charge >= 0.3 is 31.3 Å². The van der Waals surface area contributed by atoms with Gasteiger partial charge in [0.1, 0.15) is 11.4 Å². The molecule has 0 fully saturated rings. The molecule has 0 aliphatic heterocycles. The summed E-state index contributed by atoms with van der Waals surface area (Å²) in [6.07, 6.45) is 0. The Morgan fingerprint density at radius 2 is 0.955 bits per heavy atom. The third-order valence-corrected chi connectivity index (χ3v) is 3.31. The van der Waals surface area contributed by atoms with E-state index in [-0.39, 0.29) is 0 Å². The molecule has 0 aromatic carbocycles. The number of halogens is 6. The summed E-state index contributed by atoms with van der Waals surface area (Å²) in [6.45, 7) is 1.54. The second kappa shape index (κ2) is 6.27. The molecule has 22 heavy (non-hydrogen) atoms. The molecule has 0 aromatic heterocycles. The Morgan fingerprint density at radius 1 is 0.727 bits per heavy atom. The summed E-state index contributed by atoms with van der Waals surface area (Å²) in [6, 6.07) is 0. The van der Waals surface area contributed by atoms with Crippen LogP contribution in [0.1, 0.15) is 13.8 Å². The first-order valence-corrected chi connectivity index (χ1v) is 7.42. The molecule has 8 nitrogen and oxygen atoms in total. The van der Waals surface area contributed by atoms with Gasteiger partial charge in [-0.1, -0.05) is 10.3 Å². The first-order valence-electron chi connectivity index (χ1n) is 4.60. The summed E-state index contributed by atoms with van der Waals surface area (Å²) in [5, 5.41) is 4.89. The molecule has 0 aromatic rings. The lowest BCUT2D eigenvalue weighted by Crippen LogP contribution is -2.25. The Hall–Kier alpha value is -1.58. The van der Waals surface area contributed by atoms with E-state index in [0.717, 1.165) is 13.8 Å². The molecule has 0 heterocycles. The maximum absolute atomic E-state index is 11.9. The van der Waals surface area contributed by atoms with E-state index in [1.165, 1.54) is 0 Å². The van der Waals surface area contributed by atoms with Gasteiger partial charge in [0.25, 0.3) is 0 Å². The fraction of sp³-hybridized carbons (Fsp3) is 0.667. The van der Waals surface area contributed by atoms with Crippen molar-refractivity contribution in [2.75, 3.05) is 0 Å². The molecule has 0 saturated heterocycles. The van der Waals surface area contributed by atoms with E-state index in [9.17, 15) is 43.2 Å². The van der Waals surface area contributed by atoms with E-state index >= 15 is 0 Å². The minimum atomic E-state index is -6.07. The molecule has 16 heteroatoms. The average molecular weight is 380 g/mol. The Morgan fingerprint density at radius 3 is 1.14 bits per heavy atom. The minimum absolute atomic E-state index is 0.772. The summed E-state index contributed by atoms with van der Waals surface area (Å²) in [7, 11) is -12.1. The van der Waals surface area contributed by atoms with Crippen LogP contribution in [0, 0.1) is 0 Å². The summed E-state index contributed by atoms with van der Waals surface area (Å²) in [5.41, 5.74) is -13.1. The van der Waals surface area contributed by atoms with Gasteiger partial charge in [-0.05, 0) is 13.8 Å². The van der Waals surface area contributed by atoms with Crippen molar-refractivity contribution in [2.45, 2.75) is 24.9 Å². The second-order valence-corrected chi connectivity index (χ2v) is 6.34. The number of oxime groups is 2. The lowest BCUT2D eigenvalue weighted by Gasteiger charge is -2.06. The molecular weight excluding hydrogens is 374 g/mol. The maximum atomic E-state index is 11.9. The van der Waals surface area contributed by atoms with Crippen molar-refractivity contribution in [2.24, 2.45) is 10.3 Å². The van der Waals surface area contributed by atoms with Crippen molar-refractivity contribution in [3.63, 3.8) is 0 Å². The van der Waals surface area contributed by atoms with Crippen LogP contribution in [0.15, 0.2) is 10.3 Å². The van der Waals surface area contributed by atoms with Gasteiger partial charge < -0.3 is 0 Å². The van der Waals surface area contributed by atoms with Gasteiger partial charge in [0.2, 0.25) is 0 Å². The number of nitrogens with zero attached hydrogens (tertiary/aromatic N) is 2. The number of hydrogen-bond acceptors (Lipinski definition) is 8. The zero-order valence-corrected chi connectivity index (χ0v) is 12.1. The van der Waals surface area contributed by atoms with Crippen LogP contribution in [0.25, 0.3) is 0 Å². The van der Waals surface area contributed by atoms with E-state index in [1.807, 2.05) is 0 Å².